The molecule has 1 aromatic rings. The number of aryl methyl sites for hydroxylation is 1. The van der Waals surface area contributed by atoms with Crippen LogP contribution in [0.15, 0.2) is 18.2 Å². The van der Waals surface area contributed by atoms with Crippen LogP contribution in [0.2, 0.25) is 0 Å². The van der Waals surface area contributed by atoms with Crippen LogP contribution >= 0.6 is 0 Å². The van der Waals surface area contributed by atoms with Crippen LogP contribution in [0.25, 0.3) is 0 Å². The van der Waals surface area contributed by atoms with E-state index in [-0.39, 0.29) is 12.2 Å². The highest BCUT2D eigenvalue weighted by Crippen LogP contribution is 2.29. The summed E-state index contributed by atoms with van der Waals surface area (Å²) in [5, 5.41) is 13.3. The SMILES string of the molecule is COCCNCc1cccc(C)c1OC1CCCC1O. The Kier molecular flexibility index (Phi) is 5.83. The van der Waals surface area contributed by atoms with E-state index in [0.717, 1.165) is 49.2 Å². The fraction of sp³-hybridized carbons (Fsp3) is 0.625. The van der Waals surface area contributed by atoms with Gasteiger partial charge >= 0.3 is 0 Å². The van der Waals surface area contributed by atoms with Gasteiger partial charge < -0.3 is 19.9 Å². The number of aliphatic hydroxyl groups is 1. The summed E-state index contributed by atoms with van der Waals surface area (Å²) in [7, 11) is 1.70. The second kappa shape index (κ2) is 7.62. The average Bonchev–Trinajstić information content (AvgIpc) is 2.84. The van der Waals surface area contributed by atoms with Crippen LogP contribution in [0.5, 0.6) is 5.75 Å². The van der Waals surface area contributed by atoms with E-state index in [1.807, 2.05) is 6.07 Å². The molecule has 1 saturated carbocycles. The first-order chi connectivity index (χ1) is 9.72. The minimum absolute atomic E-state index is 0.0613. The largest absolute Gasteiger partial charge is 0.487 e. The normalized spacial score (nSPS) is 22.1. The highest BCUT2D eigenvalue weighted by molar-refractivity contribution is 5.41. The number of hydrogen-bond acceptors (Lipinski definition) is 4. The van der Waals surface area contributed by atoms with Crippen LogP contribution in [-0.4, -0.2) is 37.6 Å². The number of para-hydroxylation sites is 1. The van der Waals surface area contributed by atoms with Crippen molar-refractivity contribution in [3.63, 3.8) is 0 Å². The Balaban J connectivity index is 2.02. The molecule has 1 aromatic carbocycles. The fourth-order valence-electron chi connectivity index (χ4n) is 2.61. The number of hydrogen-bond donors (Lipinski definition) is 2. The number of rotatable bonds is 7. The van der Waals surface area contributed by atoms with E-state index in [1.54, 1.807) is 7.11 Å². The lowest BCUT2D eigenvalue weighted by Crippen LogP contribution is -2.27. The van der Waals surface area contributed by atoms with Crippen molar-refractivity contribution in [2.75, 3.05) is 20.3 Å². The molecule has 0 bridgehead atoms. The summed E-state index contributed by atoms with van der Waals surface area (Å²) in [5.74, 6) is 0.920. The highest BCUT2D eigenvalue weighted by Gasteiger charge is 2.27. The monoisotopic (exact) mass is 279 g/mol. The van der Waals surface area contributed by atoms with Gasteiger partial charge in [0.25, 0.3) is 0 Å². The van der Waals surface area contributed by atoms with E-state index in [2.05, 4.69) is 24.4 Å². The van der Waals surface area contributed by atoms with E-state index in [0.29, 0.717) is 6.61 Å². The van der Waals surface area contributed by atoms with Crippen molar-refractivity contribution in [2.24, 2.45) is 0 Å². The van der Waals surface area contributed by atoms with Crippen LogP contribution in [0, 0.1) is 6.92 Å². The van der Waals surface area contributed by atoms with E-state index in [1.165, 1.54) is 0 Å². The van der Waals surface area contributed by atoms with Crippen molar-refractivity contribution < 1.29 is 14.6 Å². The molecule has 1 fully saturated rings. The summed E-state index contributed by atoms with van der Waals surface area (Å²) in [6.07, 6.45) is 2.43. The van der Waals surface area contributed by atoms with Gasteiger partial charge in [-0.1, -0.05) is 18.2 Å². The quantitative estimate of drug-likeness (QED) is 0.750. The van der Waals surface area contributed by atoms with Crippen molar-refractivity contribution in [1.82, 2.24) is 5.32 Å². The molecule has 2 N–H and O–H groups in total. The van der Waals surface area contributed by atoms with Gasteiger partial charge in [-0.15, -0.1) is 0 Å². The van der Waals surface area contributed by atoms with E-state index < -0.39 is 0 Å². The number of nitrogens with one attached hydrogen (secondary N) is 1. The third-order valence-corrected chi connectivity index (χ3v) is 3.78. The number of aliphatic hydroxyl groups excluding tert-OH is 1. The van der Waals surface area contributed by atoms with Crippen molar-refractivity contribution >= 4 is 0 Å². The minimum Gasteiger partial charge on any atom is -0.487 e. The topological polar surface area (TPSA) is 50.7 Å². The zero-order valence-electron chi connectivity index (χ0n) is 12.4. The lowest BCUT2D eigenvalue weighted by Gasteiger charge is -2.21. The van der Waals surface area contributed by atoms with Gasteiger partial charge in [-0.25, -0.2) is 0 Å². The Hall–Kier alpha value is -1.10. The van der Waals surface area contributed by atoms with Crippen LogP contribution in [0.3, 0.4) is 0 Å². The maximum absolute atomic E-state index is 9.92. The Morgan fingerprint density at radius 2 is 2.20 bits per heavy atom. The van der Waals surface area contributed by atoms with Gasteiger partial charge in [-0.2, -0.15) is 0 Å². The van der Waals surface area contributed by atoms with Gasteiger partial charge in [0.1, 0.15) is 11.9 Å². The second-order valence-electron chi connectivity index (χ2n) is 5.39. The van der Waals surface area contributed by atoms with Crippen LogP contribution in [0.4, 0.5) is 0 Å². The van der Waals surface area contributed by atoms with E-state index >= 15 is 0 Å². The van der Waals surface area contributed by atoms with E-state index in [4.69, 9.17) is 9.47 Å². The number of methoxy groups -OCH3 is 1. The summed E-state index contributed by atoms with van der Waals surface area (Å²) in [4.78, 5) is 0. The molecule has 20 heavy (non-hydrogen) atoms. The summed E-state index contributed by atoms with van der Waals surface area (Å²) in [6.45, 7) is 4.32. The number of ether oxygens (including phenoxy) is 2. The van der Waals surface area contributed by atoms with Crippen molar-refractivity contribution in [3.05, 3.63) is 29.3 Å². The first kappa shape index (κ1) is 15.3. The molecule has 2 rings (SSSR count). The molecule has 112 valence electrons. The third kappa shape index (κ3) is 3.95. The van der Waals surface area contributed by atoms with Crippen LogP contribution in [0.1, 0.15) is 30.4 Å². The molecule has 2 atom stereocenters. The summed E-state index contributed by atoms with van der Waals surface area (Å²) >= 11 is 0. The van der Waals surface area contributed by atoms with Crippen molar-refractivity contribution in [2.45, 2.75) is 44.9 Å². The van der Waals surface area contributed by atoms with Gasteiger partial charge in [-0.3, -0.25) is 0 Å². The van der Waals surface area contributed by atoms with Gasteiger partial charge in [0.05, 0.1) is 12.7 Å². The lowest BCUT2D eigenvalue weighted by molar-refractivity contribution is 0.0592. The molecule has 0 radical (unpaired) electrons. The zero-order valence-corrected chi connectivity index (χ0v) is 12.4. The molecular weight excluding hydrogens is 254 g/mol. The molecule has 4 heteroatoms. The van der Waals surface area contributed by atoms with Crippen LogP contribution in [-0.2, 0) is 11.3 Å². The molecule has 0 spiro atoms. The van der Waals surface area contributed by atoms with Gasteiger partial charge in [-0.05, 0) is 31.7 Å². The molecule has 0 heterocycles. The van der Waals surface area contributed by atoms with Crippen LogP contribution < -0.4 is 10.1 Å². The maximum Gasteiger partial charge on any atom is 0.127 e. The summed E-state index contributed by atoms with van der Waals surface area (Å²) < 4.78 is 11.1. The Labute approximate surface area is 121 Å². The molecule has 4 nitrogen and oxygen atoms in total. The molecule has 1 aliphatic carbocycles. The fourth-order valence-corrected chi connectivity index (χ4v) is 2.61. The maximum atomic E-state index is 9.92. The Bertz CT molecular complexity index is 422. The van der Waals surface area contributed by atoms with Gasteiger partial charge in [0.15, 0.2) is 0 Å². The lowest BCUT2D eigenvalue weighted by atomic mass is 10.1. The molecular formula is C16H25NO3. The molecule has 0 saturated heterocycles. The minimum atomic E-state index is -0.330. The molecule has 1 aliphatic rings. The van der Waals surface area contributed by atoms with Gasteiger partial charge in [0, 0.05) is 25.8 Å². The Morgan fingerprint density at radius 1 is 1.35 bits per heavy atom. The first-order valence-corrected chi connectivity index (χ1v) is 7.35. The predicted molar refractivity (Wildman–Crippen MR) is 79.0 cm³/mol. The average molecular weight is 279 g/mol. The third-order valence-electron chi connectivity index (χ3n) is 3.78. The highest BCUT2D eigenvalue weighted by atomic mass is 16.5. The first-order valence-electron chi connectivity index (χ1n) is 7.35. The standard InChI is InChI=1S/C16H25NO3/c1-12-5-3-6-13(11-17-9-10-19-2)16(12)20-15-8-4-7-14(15)18/h3,5-6,14-15,17-18H,4,7-11H2,1-2H3. The van der Waals surface area contributed by atoms with Crippen molar-refractivity contribution in [1.29, 1.82) is 0 Å². The van der Waals surface area contributed by atoms with E-state index in [9.17, 15) is 5.11 Å². The molecule has 0 amide bonds. The predicted octanol–water partition coefficient (Wildman–Crippen LogP) is 2.02. The summed E-state index contributed by atoms with van der Waals surface area (Å²) in [5.41, 5.74) is 2.26. The molecule has 0 aliphatic heterocycles. The van der Waals surface area contributed by atoms with Crippen molar-refractivity contribution in [3.8, 4) is 5.75 Å². The second-order valence-corrected chi connectivity index (χ2v) is 5.39. The zero-order chi connectivity index (χ0) is 14.4. The Morgan fingerprint density at radius 3 is 2.90 bits per heavy atom. The summed E-state index contributed by atoms with van der Waals surface area (Å²) in [6, 6.07) is 6.17. The smallest absolute Gasteiger partial charge is 0.127 e. The van der Waals surface area contributed by atoms with Gasteiger partial charge in [0.2, 0.25) is 0 Å². The number of benzene rings is 1. The molecule has 0 aromatic heterocycles. The molecule has 2 unspecified atom stereocenters.